The largest absolute Gasteiger partial charge is 0.370 e. The van der Waals surface area contributed by atoms with Gasteiger partial charge in [-0.05, 0) is 60.4 Å². The molecular formula is C27H28O. The Hall–Kier alpha value is -2.38. The molecule has 0 heterocycles. The molecule has 1 nitrogen and oxygen atoms in total. The molecule has 0 fully saturated rings. The van der Waals surface area contributed by atoms with Gasteiger partial charge in [-0.25, -0.2) is 0 Å². The number of benzene rings is 3. The Morgan fingerprint density at radius 3 is 1.43 bits per heavy atom. The van der Waals surface area contributed by atoms with Gasteiger partial charge in [0.05, 0.1) is 5.60 Å². The standard InChI is InChI=1S/C27H28O/c1-2-28-27(24-14-4-3-5-15-24)25-16-20-10-6-7-11-21(20)17-26(27)19-23-13-9-8-12-22(23)18-25/h3-15,25-26H,2,16-19H2,1H3. The highest BCUT2D eigenvalue weighted by Crippen LogP contribution is 2.51. The SMILES string of the molecule is CCOC1(c2ccccc2)C2Cc3ccccc3CC1Cc1ccccc1C2. The maximum absolute atomic E-state index is 6.85. The fourth-order valence-electron chi connectivity index (χ4n) is 5.79. The minimum Gasteiger partial charge on any atom is -0.370 e. The van der Waals surface area contributed by atoms with Gasteiger partial charge < -0.3 is 4.74 Å². The molecule has 2 aliphatic rings. The summed E-state index contributed by atoms with van der Waals surface area (Å²) in [6.45, 7) is 2.90. The Bertz CT molecular complexity index is 853. The Morgan fingerprint density at radius 2 is 1.04 bits per heavy atom. The third-order valence-corrected chi connectivity index (χ3v) is 6.92. The molecule has 0 aromatic heterocycles. The number of fused-ring (bicyclic) bond motifs is 4. The zero-order valence-electron chi connectivity index (χ0n) is 16.6. The first-order chi connectivity index (χ1) is 13.8. The first kappa shape index (κ1) is 17.7. The number of hydrogen-bond donors (Lipinski definition) is 0. The number of hydrogen-bond acceptors (Lipinski definition) is 1. The van der Waals surface area contributed by atoms with Crippen LogP contribution >= 0.6 is 0 Å². The summed E-state index contributed by atoms with van der Waals surface area (Å²) in [5.41, 5.74) is 7.15. The normalized spacial score (nSPS) is 25.9. The van der Waals surface area contributed by atoms with E-state index in [2.05, 4.69) is 85.8 Å². The Labute approximate surface area is 168 Å². The molecule has 0 spiro atoms. The van der Waals surface area contributed by atoms with E-state index in [0.29, 0.717) is 11.8 Å². The second-order valence-corrected chi connectivity index (χ2v) is 8.34. The first-order valence-electron chi connectivity index (χ1n) is 10.6. The van der Waals surface area contributed by atoms with Gasteiger partial charge in [0.1, 0.15) is 0 Å². The van der Waals surface area contributed by atoms with Crippen LogP contribution in [-0.2, 0) is 36.0 Å². The topological polar surface area (TPSA) is 9.23 Å². The van der Waals surface area contributed by atoms with Crippen LogP contribution in [0, 0.1) is 11.8 Å². The van der Waals surface area contributed by atoms with Crippen molar-refractivity contribution in [2.45, 2.75) is 38.2 Å². The first-order valence-corrected chi connectivity index (χ1v) is 10.6. The minimum absolute atomic E-state index is 0.242. The minimum atomic E-state index is -0.242. The number of rotatable bonds is 3. The van der Waals surface area contributed by atoms with Crippen molar-refractivity contribution in [2.75, 3.05) is 6.61 Å². The molecule has 28 heavy (non-hydrogen) atoms. The fourth-order valence-corrected chi connectivity index (χ4v) is 5.79. The van der Waals surface area contributed by atoms with Gasteiger partial charge in [0, 0.05) is 18.4 Å². The average molecular weight is 369 g/mol. The Kier molecular flexibility index (Phi) is 4.56. The highest BCUT2D eigenvalue weighted by atomic mass is 16.5. The van der Waals surface area contributed by atoms with Crippen molar-refractivity contribution in [2.24, 2.45) is 11.8 Å². The van der Waals surface area contributed by atoms with Crippen LogP contribution in [0.3, 0.4) is 0 Å². The van der Waals surface area contributed by atoms with E-state index in [4.69, 9.17) is 4.74 Å². The summed E-state index contributed by atoms with van der Waals surface area (Å²) in [7, 11) is 0. The van der Waals surface area contributed by atoms with E-state index in [-0.39, 0.29) is 5.60 Å². The highest BCUT2D eigenvalue weighted by Gasteiger charge is 2.50. The quantitative estimate of drug-likeness (QED) is 0.572. The molecule has 0 radical (unpaired) electrons. The van der Waals surface area contributed by atoms with Gasteiger partial charge in [0.2, 0.25) is 0 Å². The third-order valence-electron chi connectivity index (χ3n) is 6.92. The molecule has 1 heteroatoms. The van der Waals surface area contributed by atoms with E-state index in [9.17, 15) is 0 Å². The molecule has 142 valence electrons. The molecule has 0 aliphatic heterocycles. The molecule has 0 amide bonds. The summed E-state index contributed by atoms with van der Waals surface area (Å²) in [5.74, 6) is 0.874. The van der Waals surface area contributed by atoms with Crippen molar-refractivity contribution in [3.8, 4) is 0 Å². The molecule has 2 aliphatic carbocycles. The monoisotopic (exact) mass is 368 g/mol. The van der Waals surface area contributed by atoms with Crippen LogP contribution < -0.4 is 0 Å². The van der Waals surface area contributed by atoms with E-state index >= 15 is 0 Å². The maximum Gasteiger partial charge on any atom is 0.0999 e. The van der Waals surface area contributed by atoms with Gasteiger partial charge >= 0.3 is 0 Å². The lowest BCUT2D eigenvalue weighted by molar-refractivity contribution is -0.126. The summed E-state index contributed by atoms with van der Waals surface area (Å²) in [6.07, 6.45) is 4.32. The highest BCUT2D eigenvalue weighted by molar-refractivity contribution is 5.40. The summed E-state index contributed by atoms with van der Waals surface area (Å²) in [5, 5.41) is 0. The van der Waals surface area contributed by atoms with Crippen LogP contribution in [0.4, 0.5) is 0 Å². The van der Waals surface area contributed by atoms with E-state index in [1.54, 1.807) is 0 Å². The Morgan fingerprint density at radius 1 is 0.643 bits per heavy atom. The van der Waals surface area contributed by atoms with Crippen LogP contribution in [0.1, 0.15) is 34.7 Å². The molecular weight excluding hydrogens is 340 g/mol. The van der Waals surface area contributed by atoms with Crippen molar-refractivity contribution >= 4 is 0 Å². The maximum atomic E-state index is 6.85. The van der Waals surface area contributed by atoms with Crippen LogP contribution in [0.5, 0.6) is 0 Å². The van der Waals surface area contributed by atoms with E-state index in [1.807, 2.05) is 0 Å². The van der Waals surface area contributed by atoms with Crippen LogP contribution in [0.25, 0.3) is 0 Å². The predicted molar refractivity (Wildman–Crippen MR) is 114 cm³/mol. The van der Waals surface area contributed by atoms with Gasteiger partial charge in [-0.1, -0.05) is 78.9 Å². The van der Waals surface area contributed by atoms with Crippen molar-refractivity contribution in [1.82, 2.24) is 0 Å². The smallest absolute Gasteiger partial charge is 0.0999 e. The van der Waals surface area contributed by atoms with Gasteiger partial charge in [0.25, 0.3) is 0 Å². The lowest BCUT2D eigenvalue weighted by atomic mass is 9.69. The van der Waals surface area contributed by atoms with Crippen molar-refractivity contribution in [1.29, 1.82) is 0 Å². The molecule has 0 unspecified atom stereocenters. The number of ether oxygens (including phenoxy) is 1. The van der Waals surface area contributed by atoms with Gasteiger partial charge in [0.15, 0.2) is 0 Å². The second kappa shape index (κ2) is 7.22. The van der Waals surface area contributed by atoms with Gasteiger partial charge in [-0.3, -0.25) is 0 Å². The summed E-state index contributed by atoms with van der Waals surface area (Å²) >= 11 is 0. The summed E-state index contributed by atoms with van der Waals surface area (Å²) in [6, 6.07) is 29.2. The van der Waals surface area contributed by atoms with E-state index in [0.717, 1.165) is 32.3 Å². The average Bonchev–Trinajstić information content (AvgIpc) is 2.94. The molecule has 0 saturated heterocycles. The molecule has 0 saturated carbocycles. The summed E-state index contributed by atoms with van der Waals surface area (Å²) in [4.78, 5) is 0. The lowest BCUT2D eigenvalue weighted by Gasteiger charge is -2.44. The molecule has 0 atom stereocenters. The van der Waals surface area contributed by atoms with E-state index < -0.39 is 0 Å². The second-order valence-electron chi connectivity index (χ2n) is 8.34. The van der Waals surface area contributed by atoms with Gasteiger partial charge in [-0.2, -0.15) is 0 Å². The Balaban J connectivity index is 1.74. The van der Waals surface area contributed by atoms with Crippen LogP contribution in [0.15, 0.2) is 78.9 Å². The van der Waals surface area contributed by atoms with Gasteiger partial charge in [-0.15, -0.1) is 0 Å². The summed E-state index contributed by atoms with van der Waals surface area (Å²) < 4.78 is 6.85. The molecule has 5 rings (SSSR count). The predicted octanol–water partition coefficient (Wildman–Crippen LogP) is 5.75. The van der Waals surface area contributed by atoms with Crippen LogP contribution in [-0.4, -0.2) is 6.61 Å². The van der Waals surface area contributed by atoms with E-state index in [1.165, 1.54) is 27.8 Å². The molecule has 0 N–H and O–H groups in total. The fraction of sp³-hybridized carbons (Fsp3) is 0.333. The molecule has 3 aromatic carbocycles. The van der Waals surface area contributed by atoms with Crippen molar-refractivity contribution in [3.63, 3.8) is 0 Å². The lowest BCUT2D eigenvalue weighted by Crippen LogP contribution is -2.46. The molecule has 3 aromatic rings. The zero-order valence-corrected chi connectivity index (χ0v) is 16.6. The zero-order chi connectivity index (χ0) is 19.0. The van der Waals surface area contributed by atoms with Crippen molar-refractivity contribution < 1.29 is 4.74 Å². The third kappa shape index (κ3) is 2.81. The van der Waals surface area contributed by atoms with Crippen LogP contribution in [0.2, 0.25) is 0 Å². The van der Waals surface area contributed by atoms with Crippen molar-refractivity contribution in [3.05, 3.63) is 107 Å². The molecule has 2 bridgehead atoms.